The number of likely N-dealkylation sites (tertiary alicyclic amines) is 1. The van der Waals surface area contributed by atoms with E-state index in [9.17, 15) is 4.79 Å². The number of carbonyl (C=O) groups excluding carboxylic acids is 1. The van der Waals surface area contributed by atoms with Crippen molar-refractivity contribution in [1.29, 1.82) is 0 Å². The monoisotopic (exact) mass is 293 g/mol. The predicted molar refractivity (Wildman–Crippen MR) is 80.2 cm³/mol. The number of halogens is 1. The summed E-state index contributed by atoms with van der Waals surface area (Å²) in [6.45, 7) is 0.870. The van der Waals surface area contributed by atoms with Gasteiger partial charge in [0.25, 0.3) is 5.91 Å². The molecule has 4 nitrogen and oxygen atoms in total. The molecular formula is C15H20ClN3O. The van der Waals surface area contributed by atoms with Crippen molar-refractivity contribution < 1.29 is 4.79 Å². The van der Waals surface area contributed by atoms with Gasteiger partial charge in [-0.1, -0.05) is 18.0 Å². The van der Waals surface area contributed by atoms with Gasteiger partial charge in [0.05, 0.1) is 0 Å². The maximum atomic E-state index is 12.8. The number of amides is 1. The second kappa shape index (κ2) is 5.60. The molecule has 0 aromatic carbocycles. The highest BCUT2D eigenvalue weighted by Gasteiger charge is 2.37. The lowest BCUT2D eigenvalue weighted by Gasteiger charge is -2.37. The van der Waals surface area contributed by atoms with E-state index in [0.717, 1.165) is 19.4 Å². The molecular weight excluding hydrogens is 274 g/mol. The number of rotatable bonds is 2. The molecule has 1 aliphatic carbocycles. The normalized spacial score (nSPS) is 25.4. The molecule has 2 unspecified atom stereocenters. The SMILES string of the molecule is CNc1cc(C(=O)N2CCCC3CCCC32)cc(Cl)n1. The molecule has 1 saturated carbocycles. The van der Waals surface area contributed by atoms with Gasteiger partial charge in [-0.25, -0.2) is 4.98 Å². The molecule has 1 aromatic rings. The Morgan fingerprint density at radius 2 is 2.15 bits per heavy atom. The summed E-state index contributed by atoms with van der Waals surface area (Å²) in [5, 5.41) is 3.31. The van der Waals surface area contributed by atoms with Crippen LogP contribution in [0, 0.1) is 5.92 Å². The number of aromatic nitrogens is 1. The van der Waals surface area contributed by atoms with Crippen molar-refractivity contribution >= 4 is 23.3 Å². The van der Waals surface area contributed by atoms with Gasteiger partial charge in [0.2, 0.25) is 0 Å². The van der Waals surface area contributed by atoms with Gasteiger partial charge in [-0.15, -0.1) is 0 Å². The van der Waals surface area contributed by atoms with Crippen molar-refractivity contribution in [3.8, 4) is 0 Å². The smallest absolute Gasteiger partial charge is 0.254 e. The molecule has 2 aliphatic rings. The molecule has 20 heavy (non-hydrogen) atoms. The topological polar surface area (TPSA) is 45.2 Å². The van der Waals surface area contributed by atoms with Crippen molar-refractivity contribution in [1.82, 2.24) is 9.88 Å². The highest BCUT2D eigenvalue weighted by molar-refractivity contribution is 6.29. The summed E-state index contributed by atoms with van der Waals surface area (Å²) >= 11 is 6.00. The number of anilines is 1. The van der Waals surface area contributed by atoms with Gasteiger partial charge in [0, 0.05) is 25.2 Å². The fourth-order valence-electron chi connectivity index (χ4n) is 3.62. The third-order valence-corrected chi connectivity index (χ3v) is 4.74. The van der Waals surface area contributed by atoms with E-state index in [1.54, 1.807) is 19.2 Å². The van der Waals surface area contributed by atoms with Crippen LogP contribution in [0.5, 0.6) is 0 Å². The highest BCUT2D eigenvalue weighted by Crippen LogP contribution is 2.37. The Bertz CT molecular complexity index is 520. The fourth-order valence-corrected chi connectivity index (χ4v) is 3.83. The number of hydrogen-bond donors (Lipinski definition) is 1. The van der Waals surface area contributed by atoms with Gasteiger partial charge in [0.1, 0.15) is 11.0 Å². The molecule has 1 aliphatic heterocycles. The van der Waals surface area contributed by atoms with Crippen molar-refractivity contribution in [2.75, 3.05) is 18.9 Å². The van der Waals surface area contributed by atoms with E-state index < -0.39 is 0 Å². The van der Waals surface area contributed by atoms with Crippen molar-refractivity contribution in [2.24, 2.45) is 5.92 Å². The van der Waals surface area contributed by atoms with Crippen LogP contribution in [-0.4, -0.2) is 35.4 Å². The van der Waals surface area contributed by atoms with Gasteiger partial charge < -0.3 is 10.2 Å². The minimum absolute atomic E-state index is 0.0994. The molecule has 2 heterocycles. The first-order valence-electron chi connectivity index (χ1n) is 7.35. The summed E-state index contributed by atoms with van der Waals surface area (Å²) < 4.78 is 0. The predicted octanol–water partition coefficient (Wildman–Crippen LogP) is 3.18. The highest BCUT2D eigenvalue weighted by atomic mass is 35.5. The maximum absolute atomic E-state index is 12.8. The van der Waals surface area contributed by atoms with Gasteiger partial charge in [-0.05, 0) is 43.7 Å². The first-order chi connectivity index (χ1) is 9.69. The fraction of sp³-hybridized carbons (Fsp3) is 0.600. The van der Waals surface area contributed by atoms with E-state index in [0.29, 0.717) is 28.5 Å². The van der Waals surface area contributed by atoms with Crippen LogP contribution in [0.4, 0.5) is 5.82 Å². The van der Waals surface area contributed by atoms with Crippen LogP contribution < -0.4 is 5.32 Å². The van der Waals surface area contributed by atoms with Gasteiger partial charge in [-0.2, -0.15) is 0 Å². The quantitative estimate of drug-likeness (QED) is 0.852. The van der Waals surface area contributed by atoms with Crippen LogP contribution in [0.3, 0.4) is 0 Å². The molecule has 2 atom stereocenters. The number of fused-ring (bicyclic) bond motifs is 1. The van der Waals surface area contributed by atoms with Crippen LogP contribution in [0.1, 0.15) is 42.5 Å². The Kier molecular flexibility index (Phi) is 3.83. The first-order valence-corrected chi connectivity index (χ1v) is 7.73. The van der Waals surface area contributed by atoms with Crippen LogP contribution in [0.25, 0.3) is 0 Å². The Morgan fingerprint density at radius 3 is 2.95 bits per heavy atom. The third-order valence-electron chi connectivity index (χ3n) is 4.55. The van der Waals surface area contributed by atoms with Gasteiger partial charge in [0.15, 0.2) is 0 Å². The van der Waals surface area contributed by atoms with E-state index in [4.69, 9.17) is 11.6 Å². The third kappa shape index (κ3) is 2.49. The number of hydrogen-bond acceptors (Lipinski definition) is 3. The first kappa shape index (κ1) is 13.7. The second-order valence-electron chi connectivity index (χ2n) is 5.71. The van der Waals surface area contributed by atoms with Crippen LogP contribution in [0.2, 0.25) is 5.15 Å². The summed E-state index contributed by atoms with van der Waals surface area (Å²) in [5.41, 5.74) is 0.641. The maximum Gasteiger partial charge on any atom is 0.254 e. The molecule has 1 aromatic heterocycles. The minimum Gasteiger partial charge on any atom is -0.373 e. The second-order valence-corrected chi connectivity index (χ2v) is 6.10. The average molecular weight is 294 g/mol. The van der Waals surface area contributed by atoms with Crippen molar-refractivity contribution in [3.05, 3.63) is 22.8 Å². The van der Waals surface area contributed by atoms with Crippen molar-refractivity contribution in [3.63, 3.8) is 0 Å². The molecule has 1 N–H and O–H groups in total. The zero-order chi connectivity index (χ0) is 14.1. The summed E-state index contributed by atoms with van der Waals surface area (Å²) in [4.78, 5) is 19.0. The number of pyridine rings is 1. The molecule has 0 bridgehead atoms. The molecule has 3 rings (SSSR count). The summed E-state index contributed by atoms with van der Waals surface area (Å²) in [6, 6.07) is 3.89. The minimum atomic E-state index is 0.0994. The number of carbonyl (C=O) groups is 1. The molecule has 2 fully saturated rings. The molecule has 0 spiro atoms. The Morgan fingerprint density at radius 1 is 1.35 bits per heavy atom. The zero-order valence-electron chi connectivity index (χ0n) is 11.7. The molecule has 1 amide bonds. The summed E-state index contributed by atoms with van der Waals surface area (Å²) in [7, 11) is 1.78. The van der Waals surface area contributed by atoms with E-state index in [2.05, 4.69) is 15.2 Å². The Labute approximate surface area is 124 Å². The Balaban J connectivity index is 1.86. The molecule has 1 saturated heterocycles. The summed E-state index contributed by atoms with van der Waals surface area (Å²) in [6.07, 6.45) is 6.05. The largest absolute Gasteiger partial charge is 0.373 e. The van der Waals surface area contributed by atoms with Crippen LogP contribution in [-0.2, 0) is 0 Å². The van der Waals surface area contributed by atoms with E-state index >= 15 is 0 Å². The lowest BCUT2D eigenvalue weighted by molar-refractivity contribution is 0.0548. The lowest BCUT2D eigenvalue weighted by Crippen LogP contribution is -2.46. The lowest BCUT2D eigenvalue weighted by atomic mass is 9.91. The van der Waals surface area contributed by atoms with E-state index in [-0.39, 0.29) is 5.91 Å². The average Bonchev–Trinajstić information content (AvgIpc) is 2.94. The Hall–Kier alpha value is -1.29. The number of piperidine rings is 1. The molecule has 0 radical (unpaired) electrons. The van der Waals surface area contributed by atoms with Crippen LogP contribution in [0.15, 0.2) is 12.1 Å². The van der Waals surface area contributed by atoms with Crippen molar-refractivity contribution in [2.45, 2.75) is 38.1 Å². The zero-order valence-corrected chi connectivity index (χ0v) is 12.5. The number of nitrogens with zero attached hydrogens (tertiary/aromatic N) is 2. The van der Waals surface area contributed by atoms with E-state index in [1.807, 2.05) is 0 Å². The standard InChI is InChI=1S/C15H20ClN3O/c1-17-14-9-11(8-13(16)18-14)15(20)19-7-3-5-10-4-2-6-12(10)19/h8-10,12H,2-7H2,1H3,(H,17,18). The molecule has 108 valence electrons. The number of nitrogens with one attached hydrogen (secondary N) is 1. The van der Waals surface area contributed by atoms with Crippen LogP contribution >= 0.6 is 11.6 Å². The molecule has 5 heteroatoms. The van der Waals surface area contributed by atoms with Gasteiger partial charge >= 0.3 is 0 Å². The summed E-state index contributed by atoms with van der Waals surface area (Å²) in [5.74, 6) is 1.44. The van der Waals surface area contributed by atoms with Gasteiger partial charge in [-0.3, -0.25) is 4.79 Å². The van der Waals surface area contributed by atoms with E-state index in [1.165, 1.54) is 19.3 Å².